The van der Waals surface area contributed by atoms with Crippen LogP contribution in [0.15, 0.2) is 133 Å². The summed E-state index contributed by atoms with van der Waals surface area (Å²) in [7, 11) is 0.850. The Bertz CT molecular complexity index is 2670. The Morgan fingerprint density at radius 2 is 1.46 bits per heavy atom. The zero-order valence-corrected chi connectivity index (χ0v) is 36.6. The molecule has 1 unspecified atom stereocenters. The van der Waals surface area contributed by atoms with Crippen LogP contribution in [-0.4, -0.2) is 129 Å². The molecule has 63 heavy (non-hydrogen) atoms. The van der Waals surface area contributed by atoms with Gasteiger partial charge in [-0.15, -0.1) is 0 Å². The summed E-state index contributed by atoms with van der Waals surface area (Å²) in [5, 5.41) is 13.0. The Morgan fingerprint density at radius 3 is 2.17 bits per heavy atom. The lowest BCUT2D eigenvalue weighted by Crippen LogP contribution is -2.49. The van der Waals surface area contributed by atoms with Crippen LogP contribution in [0.2, 0.25) is 0 Å². The average molecular weight is 869 g/mol. The molecule has 0 bridgehead atoms. The van der Waals surface area contributed by atoms with Crippen LogP contribution >= 0.6 is 0 Å². The number of rotatable bonds is 13. The van der Waals surface area contributed by atoms with Crippen LogP contribution in [0.25, 0.3) is 22.0 Å². The van der Waals surface area contributed by atoms with Gasteiger partial charge < -0.3 is 14.7 Å². The highest BCUT2D eigenvalue weighted by molar-refractivity contribution is 7.92. The molecule has 1 N–H and O–H groups in total. The first-order valence-corrected chi connectivity index (χ1v) is 22.6. The van der Waals surface area contributed by atoms with Gasteiger partial charge in [0, 0.05) is 96.7 Å². The van der Waals surface area contributed by atoms with Gasteiger partial charge in [-0.25, -0.2) is 23.2 Å². The number of amides is 2. The van der Waals surface area contributed by atoms with Gasteiger partial charge >= 0.3 is 6.03 Å². The zero-order chi connectivity index (χ0) is 44.1. The Balaban J connectivity index is 0.952. The number of nitrogens with zero attached hydrogens (tertiary/aromatic N) is 9. The van der Waals surface area contributed by atoms with Gasteiger partial charge in [-0.2, -0.15) is 0 Å². The van der Waals surface area contributed by atoms with Crippen molar-refractivity contribution in [1.29, 1.82) is 0 Å². The molecule has 2 amide bonds. The highest BCUT2D eigenvalue weighted by atomic mass is 32.2. The molecule has 0 saturated carbocycles. The van der Waals surface area contributed by atoms with Gasteiger partial charge in [0.15, 0.2) is 5.82 Å². The van der Waals surface area contributed by atoms with Gasteiger partial charge in [-0.3, -0.25) is 29.5 Å². The maximum atomic E-state index is 14.1. The molecule has 2 aliphatic heterocycles. The molecule has 0 radical (unpaired) electrons. The summed E-state index contributed by atoms with van der Waals surface area (Å²) in [4.78, 5) is 46.4. The lowest BCUT2D eigenvalue weighted by atomic mass is 9.99. The molecule has 1 aromatic heterocycles. The molecule has 0 spiro atoms. The number of benzene rings is 5. The number of anilines is 3. The molecule has 2 saturated heterocycles. The van der Waals surface area contributed by atoms with E-state index in [4.69, 9.17) is 0 Å². The minimum absolute atomic E-state index is 0.0416. The standard InChI is InChI=1S/C47H52N10O5S/c1-51-22-24-55(25-23-51)33-45(36-14-8-5-9-15-36)53(3)47(58)52(2)43-21-19-39(31-44(43)57(59)60)63(61,62)50-46-41-20-18-38(30-42(41)48-34-49-46)56-28-26-54(27-29-56)32-37-16-10-11-17-40(37)35-12-6-4-7-13-35/h4-21,30-31,34,45H,22-29,32-33H2,1-3H3,(H,48,49,50). The van der Waals surface area contributed by atoms with E-state index >= 15 is 0 Å². The summed E-state index contributed by atoms with van der Waals surface area (Å²) in [5.74, 6) is 0.0430. The molecular weight excluding hydrogens is 817 g/mol. The average Bonchev–Trinajstić information content (AvgIpc) is 3.31. The van der Waals surface area contributed by atoms with Crippen molar-refractivity contribution in [2.75, 3.05) is 94.6 Å². The Kier molecular flexibility index (Phi) is 12.9. The van der Waals surface area contributed by atoms with Crippen LogP contribution in [0.1, 0.15) is 17.2 Å². The van der Waals surface area contributed by atoms with Crippen LogP contribution in [-0.2, 0) is 16.6 Å². The molecule has 8 rings (SSSR count). The van der Waals surface area contributed by atoms with E-state index in [0.717, 1.165) is 76.2 Å². The van der Waals surface area contributed by atoms with E-state index in [-0.39, 0.29) is 22.4 Å². The quantitative estimate of drug-likeness (QED) is 0.0964. The summed E-state index contributed by atoms with van der Waals surface area (Å²) in [6, 6.07) is 37.0. The van der Waals surface area contributed by atoms with Gasteiger partial charge in [0.05, 0.1) is 21.4 Å². The smallest absolute Gasteiger partial charge is 0.324 e. The van der Waals surface area contributed by atoms with Crippen LogP contribution in [0.3, 0.4) is 0 Å². The third-order valence-electron chi connectivity index (χ3n) is 12.2. The molecular formula is C47H52N10O5S. The number of fused-ring (bicyclic) bond motifs is 1. The topological polar surface area (TPSA) is 152 Å². The Hall–Kier alpha value is -6.46. The summed E-state index contributed by atoms with van der Waals surface area (Å²) >= 11 is 0. The highest BCUT2D eigenvalue weighted by Crippen LogP contribution is 2.34. The summed E-state index contributed by atoms with van der Waals surface area (Å²) in [6.45, 7) is 8.30. The summed E-state index contributed by atoms with van der Waals surface area (Å²) < 4.78 is 30.3. The van der Waals surface area contributed by atoms with E-state index in [9.17, 15) is 23.3 Å². The molecule has 2 aliphatic rings. The van der Waals surface area contributed by atoms with Gasteiger partial charge in [0.1, 0.15) is 12.0 Å². The van der Waals surface area contributed by atoms with Crippen molar-refractivity contribution in [1.82, 2.24) is 29.6 Å². The van der Waals surface area contributed by atoms with Crippen LogP contribution in [0.4, 0.5) is 27.7 Å². The number of piperazine rings is 2. The lowest BCUT2D eigenvalue weighted by molar-refractivity contribution is -0.384. The van der Waals surface area contributed by atoms with E-state index in [2.05, 4.69) is 89.9 Å². The number of carbonyl (C=O) groups excluding carboxylic acids is 1. The fourth-order valence-corrected chi connectivity index (χ4v) is 9.50. The van der Waals surface area contributed by atoms with E-state index in [1.165, 1.54) is 47.1 Å². The van der Waals surface area contributed by atoms with Crippen molar-refractivity contribution >= 4 is 49.8 Å². The number of nitro benzene ring substituents is 1. The number of likely N-dealkylation sites (N-methyl/N-ethyl adjacent to an activating group) is 2. The van der Waals surface area contributed by atoms with Gasteiger partial charge in [0.25, 0.3) is 15.7 Å². The molecule has 16 heteroatoms. The minimum Gasteiger partial charge on any atom is -0.369 e. The number of hydrogen-bond donors (Lipinski definition) is 1. The first kappa shape index (κ1) is 43.2. The molecule has 326 valence electrons. The van der Waals surface area contributed by atoms with Crippen molar-refractivity contribution in [2.45, 2.75) is 17.5 Å². The van der Waals surface area contributed by atoms with Crippen LogP contribution < -0.4 is 14.5 Å². The largest absolute Gasteiger partial charge is 0.369 e. The SMILES string of the molecule is CN1CCN(CC(c2ccccc2)N(C)C(=O)N(C)c2ccc(S(=O)(=O)Nc3ncnc4cc(N5CCN(Cc6ccccc6-c6ccccc6)CC5)ccc34)cc2[N+](=O)[O-])CC1. The van der Waals surface area contributed by atoms with Crippen LogP contribution in [0.5, 0.6) is 0 Å². The van der Waals surface area contributed by atoms with Crippen molar-refractivity contribution < 1.29 is 18.1 Å². The zero-order valence-electron chi connectivity index (χ0n) is 35.7. The fourth-order valence-electron chi connectivity index (χ4n) is 8.45. The van der Waals surface area contributed by atoms with Crippen molar-refractivity contribution in [2.24, 2.45) is 0 Å². The predicted octanol–water partition coefficient (Wildman–Crippen LogP) is 6.80. The monoisotopic (exact) mass is 868 g/mol. The van der Waals surface area contributed by atoms with Crippen molar-refractivity contribution in [3.8, 4) is 11.1 Å². The molecule has 1 atom stereocenters. The maximum absolute atomic E-state index is 14.1. The number of carbonyl (C=O) groups is 1. The molecule has 6 aromatic rings. The number of nitrogens with one attached hydrogen (secondary N) is 1. The number of hydrogen-bond acceptors (Lipinski definition) is 11. The molecule has 5 aromatic carbocycles. The molecule has 2 fully saturated rings. The van der Waals surface area contributed by atoms with E-state index in [1.807, 2.05) is 48.5 Å². The predicted molar refractivity (Wildman–Crippen MR) is 247 cm³/mol. The second kappa shape index (κ2) is 18.9. The Morgan fingerprint density at radius 1 is 0.794 bits per heavy atom. The molecule has 15 nitrogen and oxygen atoms in total. The summed E-state index contributed by atoms with van der Waals surface area (Å²) in [5.41, 5.74) is 5.60. The summed E-state index contributed by atoms with van der Waals surface area (Å²) in [6.07, 6.45) is 1.29. The minimum atomic E-state index is -4.38. The number of sulfonamides is 1. The molecule has 0 aliphatic carbocycles. The molecule has 3 heterocycles. The third kappa shape index (κ3) is 9.79. The van der Waals surface area contributed by atoms with Gasteiger partial charge in [-0.05, 0) is 59.6 Å². The fraction of sp³-hybridized carbons (Fsp3) is 0.298. The second-order valence-corrected chi connectivity index (χ2v) is 17.9. The van der Waals surface area contributed by atoms with Crippen LogP contribution in [0, 0.1) is 10.1 Å². The highest BCUT2D eigenvalue weighted by Gasteiger charge is 2.32. The van der Waals surface area contributed by atoms with E-state index < -0.39 is 26.7 Å². The van der Waals surface area contributed by atoms with Gasteiger partial charge in [0.2, 0.25) is 0 Å². The van der Waals surface area contributed by atoms with E-state index in [1.54, 1.807) is 18.0 Å². The number of nitro groups is 1. The van der Waals surface area contributed by atoms with Gasteiger partial charge in [-0.1, -0.05) is 84.9 Å². The first-order chi connectivity index (χ1) is 30.4. The number of urea groups is 1. The number of aromatic nitrogens is 2. The third-order valence-corrected chi connectivity index (χ3v) is 13.5. The van der Waals surface area contributed by atoms with Crippen molar-refractivity contribution in [3.05, 3.63) is 149 Å². The maximum Gasteiger partial charge on any atom is 0.324 e. The van der Waals surface area contributed by atoms with Crippen molar-refractivity contribution in [3.63, 3.8) is 0 Å². The first-order valence-electron chi connectivity index (χ1n) is 21.1. The lowest BCUT2D eigenvalue weighted by Gasteiger charge is -2.38. The Labute approximate surface area is 368 Å². The van der Waals surface area contributed by atoms with E-state index in [0.29, 0.717) is 17.4 Å². The second-order valence-electron chi connectivity index (χ2n) is 16.2. The normalized spacial score (nSPS) is 15.8.